The number of hydrogen-bond donors (Lipinski definition) is 0. The highest BCUT2D eigenvalue weighted by molar-refractivity contribution is 5.79. The van der Waals surface area contributed by atoms with E-state index in [2.05, 4.69) is 10.1 Å². The number of likely N-dealkylation sites (tertiary alicyclic amines) is 1. The molecule has 4 rings (SSSR count). The second-order valence-electron chi connectivity index (χ2n) is 6.69. The van der Waals surface area contributed by atoms with Gasteiger partial charge in [-0.15, -0.1) is 0 Å². The van der Waals surface area contributed by atoms with Crippen LogP contribution in [0.1, 0.15) is 30.7 Å². The van der Waals surface area contributed by atoms with E-state index in [1.807, 2.05) is 31.2 Å². The molecule has 1 atom stereocenters. The zero-order valence-corrected chi connectivity index (χ0v) is 15.5. The van der Waals surface area contributed by atoms with Crippen LogP contribution in [0.25, 0.3) is 11.5 Å². The van der Waals surface area contributed by atoms with Gasteiger partial charge in [-0.1, -0.05) is 29.4 Å². The van der Waals surface area contributed by atoms with Gasteiger partial charge in [-0.25, -0.2) is 4.39 Å². The summed E-state index contributed by atoms with van der Waals surface area (Å²) in [6.45, 7) is 3.57. The van der Waals surface area contributed by atoms with Crippen LogP contribution in [0, 0.1) is 5.82 Å². The van der Waals surface area contributed by atoms with Crippen molar-refractivity contribution in [2.24, 2.45) is 0 Å². The van der Waals surface area contributed by atoms with Crippen LogP contribution in [0.4, 0.5) is 4.39 Å². The van der Waals surface area contributed by atoms with Crippen molar-refractivity contribution in [1.29, 1.82) is 0 Å². The lowest BCUT2D eigenvalue weighted by Crippen LogP contribution is -2.24. The van der Waals surface area contributed by atoms with Gasteiger partial charge in [-0.3, -0.25) is 4.79 Å². The highest BCUT2D eigenvalue weighted by atomic mass is 19.1. The van der Waals surface area contributed by atoms with Crippen molar-refractivity contribution in [2.45, 2.75) is 25.8 Å². The van der Waals surface area contributed by atoms with Crippen molar-refractivity contribution in [3.8, 4) is 17.2 Å². The van der Waals surface area contributed by atoms with Gasteiger partial charge in [0.1, 0.15) is 11.6 Å². The van der Waals surface area contributed by atoms with Crippen LogP contribution >= 0.6 is 0 Å². The molecule has 0 saturated carbocycles. The number of halogens is 1. The summed E-state index contributed by atoms with van der Waals surface area (Å²) in [7, 11) is 0. The Morgan fingerprint density at radius 2 is 2.00 bits per heavy atom. The predicted molar refractivity (Wildman–Crippen MR) is 100 cm³/mol. The molecule has 1 aliphatic heterocycles. The Hall–Kier alpha value is -3.22. The standard InChI is InChI=1S/C21H20FN3O3/c1-2-27-16-9-7-14(8-10-16)12-25-13-15(11-19(25)26)20-23-21(28-24-20)17-5-3-4-6-18(17)22/h3-10,15H,2,11-13H2,1H3. The van der Waals surface area contributed by atoms with E-state index in [-0.39, 0.29) is 23.3 Å². The molecular weight excluding hydrogens is 361 g/mol. The van der Waals surface area contributed by atoms with E-state index in [1.165, 1.54) is 6.07 Å². The molecule has 0 N–H and O–H groups in total. The zero-order valence-electron chi connectivity index (χ0n) is 15.5. The average molecular weight is 381 g/mol. The highest BCUT2D eigenvalue weighted by Crippen LogP contribution is 2.30. The molecule has 1 aromatic heterocycles. The van der Waals surface area contributed by atoms with Crippen LogP contribution in [-0.2, 0) is 11.3 Å². The summed E-state index contributed by atoms with van der Waals surface area (Å²) < 4.78 is 24.6. The lowest BCUT2D eigenvalue weighted by Gasteiger charge is -2.16. The summed E-state index contributed by atoms with van der Waals surface area (Å²) in [5.41, 5.74) is 1.29. The van der Waals surface area contributed by atoms with Crippen LogP contribution in [0.5, 0.6) is 5.75 Å². The van der Waals surface area contributed by atoms with Crippen molar-refractivity contribution in [1.82, 2.24) is 15.0 Å². The van der Waals surface area contributed by atoms with Crippen LogP contribution in [0.2, 0.25) is 0 Å². The van der Waals surface area contributed by atoms with E-state index in [0.717, 1.165) is 11.3 Å². The van der Waals surface area contributed by atoms with E-state index in [4.69, 9.17) is 9.26 Å². The number of hydrogen-bond acceptors (Lipinski definition) is 5. The third-order valence-electron chi connectivity index (χ3n) is 4.73. The van der Waals surface area contributed by atoms with Crippen LogP contribution in [0.15, 0.2) is 53.1 Å². The van der Waals surface area contributed by atoms with Gasteiger partial charge >= 0.3 is 0 Å². The molecule has 0 radical (unpaired) electrons. The fourth-order valence-electron chi connectivity index (χ4n) is 3.32. The van der Waals surface area contributed by atoms with E-state index in [1.54, 1.807) is 23.1 Å². The number of benzene rings is 2. The quantitative estimate of drug-likeness (QED) is 0.650. The highest BCUT2D eigenvalue weighted by Gasteiger charge is 2.34. The Kier molecular flexibility index (Phi) is 5.06. The average Bonchev–Trinajstić information content (AvgIpc) is 3.31. The summed E-state index contributed by atoms with van der Waals surface area (Å²) >= 11 is 0. The molecule has 2 heterocycles. The number of carbonyl (C=O) groups excluding carboxylic acids is 1. The Balaban J connectivity index is 1.44. The van der Waals surface area contributed by atoms with Crippen LogP contribution in [-0.4, -0.2) is 34.1 Å². The van der Waals surface area contributed by atoms with Crippen molar-refractivity contribution in [2.75, 3.05) is 13.2 Å². The molecule has 0 bridgehead atoms. The first kappa shape index (κ1) is 18.2. The van der Waals surface area contributed by atoms with Crippen LogP contribution < -0.4 is 4.74 Å². The number of amides is 1. The number of nitrogens with zero attached hydrogens (tertiary/aromatic N) is 3. The van der Waals surface area contributed by atoms with Gasteiger partial charge in [0.15, 0.2) is 5.82 Å². The van der Waals surface area contributed by atoms with Gasteiger partial charge in [-0.2, -0.15) is 4.98 Å². The van der Waals surface area contributed by atoms with E-state index in [9.17, 15) is 9.18 Å². The molecule has 1 fully saturated rings. The SMILES string of the molecule is CCOc1ccc(CN2CC(c3noc(-c4ccccc4F)n3)CC2=O)cc1. The van der Waals surface area contributed by atoms with Gasteiger partial charge in [0, 0.05) is 25.4 Å². The Morgan fingerprint density at radius 1 is 1.21 bits per heavy atom. The monoisotopic (exact) mass is 381 g/mol. The number of ether oxygens (including phenoxy) is 1. The van der Waals surface area contributed by atoms with Gasteiger partial charge in [0.2, 0.25) is 5.91 Å². The summed E-state index contributed by atoms with van der Waals surface area (Å²) in [5.74, 6) is 0.823. The number of aromatic nitrogens is 2. The summed E-state index contributed by atoms with van der Waals surface area (Å²) in [5, 5.41) is 3.98. The minimum atomic E-state index is -0.419. The number of rotatable bonds is 6. The minimum absolute atomic E-state index is 0.0381. The first-order valence-corrected chi connectivity index (χ1v) is 9.22. The largest absolute Gasteiger partial charge is 0.494 e. The molecule has 28 heavy (non-hydrogen) atoms. The maximum absolute atomic E-state index is 13.9. The molecule has 144 valence electrons. The molecule has 6 nitrogen and oxygen atoms in total. The van der Waals surface area contributed by atoms with Gasteiger partial charge in [0.25, 0.3) is 5.89 Å². The molecule has 2 aromatic carbocycles. The first-order chi connectivity index (χ1) is 13.6. The topological polar surface area (TPSA) is 68.5 Å². The van der Waals surface area contributed by atoms with Gasteiger partial charge < -0.3 is 14.2 Å². The minimum Gasteiger partial charge on any atom is -0.494 e. The zero-order chi connectivity index (χ0) is 19.5. The molecule has 1 unspecified atom stereocenters. The first-order valence-electron chi connectivity index (χ1n) is 9.22. The maximum Gasteiger partial charge on any atom is 0.260 e. The Morgan fingerprint density at radius 3 is 2.75 bits per heavy atom. The Labute approximate surface area is 161 Å². The normalized spacial score (nSPS) is 16.6. The molecule has 1 amide bonds. The third-order valence-corrected chi connectivity index (χ3v) is 4.73. The predicted octanol–water partition coefficient (Wildman–Crippen LogP) is 3.79. The van der Waals surface area contributed by atoms with E-state index < -0.39 is 5.82 Å². The lowest BCUT2D eigenvalue weighted by atomic mass is 10.1. The smallest absolute Gasteiger partial charge is 0.260 e. The van der Waals surface area contributed by atoms with Crippen molar-refractivity contribution < 1.29 is 18.4 Å². The maximum atomic E-state index is 13.9. The van der Waals surface area contributed by atoms with Gasteiger partial charge in [0.05, 0.1) is 12.2 Å². The number of carbonyl (C=O) groups is 1. The molecule has 3 aromatic rings. The molecule has 7 heteroatoms. The van der Waals surface area contributed by atoms with Crippen molar-refractivity contribution in [3.63, 3.8) is 0 Å². The molecule has 0 spiro atoms. The molecule has 0 aliphatic carbocycles. The van der Waals surface area contributed by atoms with E-state index in [0.29, 0.717) is 31.9 Å². The lowest BCUT2D eigenvalue weighted by molar-refractivity contribution is -0.128. The van der Waals surface area contributed by atoms with Crippen molar-refractivity contribution in [3.05, 3.63) is 65.7 Å². The second kappa shape index (κ2) is 7.80. The second-order valence-corrected chi connectivity index (χ2v) is 6.69. The van der Waals surface area contributed by atoms with Crippen molar-refractivity contribution >= 4 is 5.91 Å². The van der Waals surface area contributed by atoms with Gasteiger partial charge in [-0.05, 0) is 36.8 Å². The van der Waals surface area contributed by atoms with Crippen LogP contribution in [0.3, 0.4) is 0 Å². The molecule has 1 aliphatic rings. The third kappa shape index (κ3) is 3.74. The Bertz CT molecular complexity index is 971. The fourth-order valence-corrected chi connectivity index (χ4v) is 3.32. The summed E-state index contributed by atoms with van der Waals surface area (Å²) in [6.07, 6.45) is 0.313. The summed E-state index contributed by atoms with van der Waals surface area (Å²) in [4.78, 5) is 18.5. The molecule has 1 saturated heterocycles. The summed E-state index contributed by atoms with van der Waals surface area (Å²) in [6, 6.07) is 14.0. The van der Waals surface area contributed by atoms with E-state index >= 15 is 0 Å². The molecular formula is C21H20FN3O3. The fraction of sp³-hybridized carbons (Fsp3) is 0.286.